The molecule has 4 heterocycles. The smallest absolute Gasteiger partial charge is 0.380 e. The van der Waals surface area contributed by atoms with E-state index in [1.54, 1.807) is 13.8 Å². The third-order valence-corrected chi connectivity index (χ3v) is 6.90. The highest BCUT2D eigenvalue weighted by atomic mass is 19.4. The number of anilines is 1. The number of fused-ring (bicyclic) bond motifs is 1. The minimum atomic E-state index is -4.69. The summed E-state index contributed by atoms with van der Waals surface area (Å²) >= 11 is 0. The van der Waals surface area contributed by atoms with Gasteiger partial charge in [-0.2, -0.15) is 18.2 Å². The number of nitrogens with zero attached hydrogens (tertiary/aromatic N) is 4. The molecule has 1 aromatic carbocycles. The van der Waals surface area contributed by atoms with Crippen molar-refractivity contribution in [2.75, 3.05) is 24.7 Å². The summed E-state index contributed by atoms with van der Waals surface area (Å²) < 4.78 is 66.1. The fourth-order valence-corrected chi connectivity index (χ4v) is 5.13. The Morgan fingerprint density at radius 1 is 1.11 bits per heavy atom. The average molecular weight is 494 g/mol. The van der Waals surface area contributed by atoms with E-state index in [9.17, 15) is 17.6 Å². The Morgan fingerprint density at radius 2 is 1.91 bits per heavy atom. The van der Waals surface area contributed by atoms with Gasteiger partial charge in [-0.05, 0) is 57.7 Å². The van der Waals surface area contributed by atoms with Crippen LogP contribution < -0.4 is 10.2 Å². The molecule has 0 saturated carbocycles. The number of halogens is 4. The molecular formula is C24H27F4N5O2. The lowest BCUT2D eigenvalue weighted by Gasteiger charge is -2.40. The zero-order chi connectivity index (χ0) is 24.9. The van der Waals surface area contributed by atoms with Gasteiger partial charge < -0.3 is 19.5 Å². The fourth-order valence-electron chi connectivity index (χ4n) is 5.13. The van der Waals surface area contributed by atoms with Crippen molar-refractivity contribution < 1.29 is 26.8 Å². The number of benzene rings is 1. The lowest BCUT2D eigenvalue weighted by atomic mass is 9.95. The van der Waals surface area contributed by atoms with Crippen LogP contribution in [0.5, 0.6) is 0 Å². The highest BCUT2D eigenvalue weighted by Crippen LogP contribution is 2.41. The van der Waals surface area contributed by atoms with Crippen LogP contribution in [0, 0.1) is 19.7 Å². The summed E-state index contributed by atoms with van der Waals surface area (Å²) in [6.07, 6.45) is -2.04. The molecule has 2 aliphatic rings. The molecule has 3 aromatic rings. The van der Waals surface area contributed by atoms with Gasteiger partial charge in [0, 0.05) is 36.7 Å². The van der Waals surface area contributed by atoms with Crippen molar-refractivity contribution in [2.24, 2.45) is 0 Å². The van der Waals surface area contributed by atoms with Crippen molar-refractivity contribution in [3.05, 3.63) is 34.9 Å². The molecule has 0 bridgehead atoms. The van der Waals surface area contributed by atoms with Crippen LogP contribution in [0.2, 0.25) is 0 Å². The van der Waals surface area contributed by atoms with E-state index in [1.807, 2.05) is 0 Å². The average Bonchev–Trinajstić information content (AvgIpc) is 3.45. The predicted octanol–water partition coefficient (Wildman–Crippen LogP) is 4.80. The highest BCUT2D eigenvalue weighted by molar-refractivity contribution is 5.93. The Labute approximate surface area is 199 Å². The lowest BCUT2D eigenvalue weighted by molar-refractivity contribution is -0.137. The minimum absolute atomic E-state index is 0.0354. The molecule has 2 aliphatic heterocycles. The van der Waals surface area contributed by atoms with Crippen molar-refractivity contribution in [1.82, 2.24) is 20.4 Å². The molecule has 2 saturated heterocycles. The molecule has 0 spiro atoms. The van der Waals surface area contributed by atoms with Crippen LogP contribution in [0.1, 0.15) is 43.1 Å². The maximum absolute atomic E-state index is 15.0. The molecule has 2 aromatic heterocycles. The summed E-state index contributed by atoms with van der Waals surface area (Å²) in [7, 11) is 0. The summed E-state index contributed by atoms with van der Waals surface area (Å²) in [6.45, 7) is 7.46. The van der Waals surface area contributed by atoms with Crippen LogP contribution in [-0.4, -0.2) is 53.0 Å². The molecule has 7 nitrogen and oxygen atoms in total. The molecule has 35 heavy (non-hydrogen) atoms. The largest absolute Gasteiger partial charge is 0.416 e. The molecule has 3 atom stereocenters. The van der Waals surface area contributed by atoms with Crippen molar-refractivity contribution >= 4 is 16.7 Å². The van der Waals surface area contributed by atoms with Gasteiger partial charge in [0.2, 0.25) is 0 Å². The van der Waals surface area contributed by atoms with Crippen molar-refractivity contribution in [3.8, 4) is 11.5 Å². The van der Waals surface area contributed by atoms with E-state index >= 15 is 0 Å². The van der Waals surface area contributed by atoms with Gasteiger partial charge in [-0.3, -0.25) is 0 Å². The maximum Gasteiger partial charge on any atom is 0.416 e. The molecular weight excluding hydrogens is 466 g/mol. The summed E-state index contributed by atoms with van der Waals surface area (Å²) in [5.74, 6) is -0.0430. The van der Waals surface area contributed by atoms with E-state index in [1.165, 1.54) is 0 Å². The molecule has 11 heteroatoms. The molecule has 5 rings (SSSR count). The van der Waals surface area contributed by atoms with E-state index in [0.29, 0.717) is 54.1 Å². The molecule has 2 fully saturated rings. The normalized spacial score (nSPS) is 23.4. The van der Waals surface area contributed by atoms with Gasteiger partial charge in [-0.15, -0.1) is 0 Å². The zero-order valence-corrected chi connectivity index (χ0v) is 19.7. The van der Waals surface area contributed by atoms with E-state index in [2.05, 4.69) is 32.3 Å². The van der Waals surface area contributed by atoms with Crippen LogP contribution in [-0.2, 0) is 10.9 Å². The first-order valence-electron chi connectivity index (χ1n) is 11.7. The predicted molar refractivity (Wildman–Crippen MR) is 122 cm³/mol. The number of piperidine rings is 1. The van der Waals surface area contributed by atoms with E-state index in [4.69, 9.17) is 9.26 Å². The van der Waals surface area contributed by atoms with Crippen molar-refractivity contribution in [3.63, 3.8) is 0 Å². The zero-order valence-electron chi connectivity index (χ0n) is 19.7. The number of aromatic nitrogens is 3. The Kier molecular flexibility index (Phi) is 6.16. The highest BCUT2D eigenvalue weighted by Gasteiger charge is 2.35. The summed E-state index contributed by atoms with van der Waals surface area (Å²) in [5.41, 5.74) is -0.335. The van der Waals surface area contributed by atoms with Crippen LogP contribution >= 0.6 is 0 Å². The minimum Gasteiger partial charge on any atom is -0.380 e. The summed E-state index contributed by atoms with van der Waals surface area (Å²) in [4.78, 5) is 10.9. The van der Waals surface area contributed by atoms with Gasteiger partial charge in [0.25, 0.3) is 5.89 Å². The van der Waals surface area contributed by atoms with E-state index in [0.717, 1.165) is 31.9 Å². The number of hydrogen-bond acceptors (Lipinski definition) is 7. The maximum atomic E-state index is 15.0. The molecule has 1 unspecified atom stereocenters. The van der Waals surface area contributed by atoms with Crippen LogP contribution in [0.25, 0.3) is 22.4 Å². The molecule has 1 N–H and O–H groups in total. The second-order valence-electron chi connectivity index (χ2n) is 9.43. The number of hydrogen-bond donors (Lipinski definition) is 1. The van der Waals surface area contributed by atoms with Gasteiger partial charge in [0.1, 0.15) is 17.2 Å². The van der Waals surface area contributed by atoms with Crippen molar-refractivity contribution in [1.29, 1.82) is 0 Å². The standard InChI is InChI=1S/C24H27F4N5O2/c1-12-8-16(30-17-5-7-34-11-17)4-6-33(12)22-20(23-29-14(3)32-35-23)13(2)18-9-15(24(26,27)28)10-19(25)21(18)31-22/h9-10,12,16-17,30H,4-8,11H2,1-3H3/t12-,16-,17?/m1/s1. The quantitative estimate of drug-likeness (QED) is 0.524. The Balaban J connectivity index is 1.58. The second-order valence-corrected chi connectivity index (χ2v) is 9.43. The number of pyridine rings is 1. The number of alkyl halides is 3. The molecule has 0 radical (unpaired) electrons. The number of aryl methyl sites for hydroxylation is 2. The molecule has 0 amide bonds. The Bertz CT molecular complexity index is 1240. The van der Waals surface area contributed by atoms with E-state index in [-0.39, 0.29) is 22.8 Å². The molecule has 188 valence electrons. The number of ether oxygens (including phenoxy) is 1. The fraction of sp³-hybridized carbons (Fsp3) is 0.542. The summed E-state index contributed by atoms with van der Waals surface area (Å²) in [5, 5.41) is 7.58. The SMILES string of the molecule is Cc1noc(-c2c(N3CC[C@@H](NC4CCOC4)C[C@H]3C)nc3c(F)cc(C(F)(F)F)cc3c2C)n1. The van der Waals surface area contributed by atoms with Crippen LogP contribution in [0.3, 0.4) is 0 Å². The first kappa shape index (κ1) is 23.9. The van der Waals surface area contributed by atoms with Crippen LogP contribution in [0.15, 0.2) is 16.7 Å². The van der Waals surface area contributed by atoms with Gasteiger partial charge in [-0.25, -0.2) is 9.37 Å². The summed E-state index contributed by atoms with van der Waals surface area (Å²) in [6, 6.07) is 2.11. The topological polar surface area (TPSA) is 76.3 Å². The third-order valence-electron chi connectivity index (χ3n) is 6.90. The Hall–Kier alpha value is -2.79. The van der Waals surface area contributed by atoms with Crippen LogP contribution in [0.4, 0.5) is 23.4 Å². The third kappa shape index (κ3) is 4.58. The lowest BCUT2D eigenvalue weighted by Crippen LogP contribution is -2.50. The van der Waals surface area contributed by atoms with Gasteiger partial charge in [0.15, 0.2) is 5.82 Å². The Morgan fingerprint density at radius 3 is 2.54 bits per heavy atom. The second kappa shape index (κ2) is 9.02. The first-order chi connectivity index (χ1) is 16.6. The van der Waals surface area contributed by atoms with Gasteiger partial charge in [0.05, 0.1) is 17.7 Å². The monoisotopic (exact) mass is 493 g/mol. The number of rotatable bonds is 4. The molecule has 0 aliphatic carbocycles. The van der Waals surface area contributed by atoms with Gasteiger partial charge >= 0.3 is 6.18 Å². The number of nitrogens with one attached hydrogen (secondary N) is 1. The first-order valence-corrected chi connectivity index (χ1v) is 11.7. The van der Waals surface area contributed by atoms with E-state index < -0.39 is 17.6 Å². The van der Waals surface area contributed by atoms with Crippen molar-refractivity contribution in [2.45, 2.75) is 64.3 Å². The van der Waals surface area contributed by atoms with Gasteiger partial charge in [-0.1, -0.05) is 5.16 Å².